The van der Waals surface area contributed by atoms with E-state index < -0.39 is 76.2 Å². The lowest BCUT2D eigenvalue weighted by Crippen LogP contribution is -2.57. The van der Waals surface area contributed by atoms with E-state index in [1.54, 1.807) is 41.1 Å². The van der Waals surface area contributed by atoms with Crippen molar-refractivity contribution in [2.45, 2.75) is 77.3 Å². The Kier molecular flexibility index (Phi) is 13.4. The van der Waals surface area contributed by atoms with E-state index in [4.69, 9.17) is 0 Å². The summed E-state index contributed by atoms with van der Waals surface area (Å²) in [5.41, 5.74) is 2.30. The number of nitrogens with zero attached hydrogens (tertiary/aromatic N) is 2. The fourth-order valence-electron chi connectivity index (χ4n) is 5.93. The number of hydrogen-bond acceptors (Lipinski definition) is 5. The zero-order valence-electron chi connectivity index (χ0n) is 32.5. The van der Waals surface area contributed by atoms with Gasteiger partial charge in [0.1, 0.15) is 35.4 Å². The normalized spacial score (nSPS) is 13.1. The van der Waals surface area contributed by atoms with Crippen molar-refractivity contribution in [3.63, 3.8) is 0 Å². The largest absolute Gasteiger partial charge is 0.330 e. The van der Waals surface area contributed by atoms with Crippen LogP contribution in [-0.4, -0.2) is 52.4 Å². The van der Waals surface area contributed by atoms with Gasteiger partial charge >= 0.3 is 16.2 Å². The molecule has 4 rings (SSSR count). The molecule has 4 amide bonds. The van der Waals surface area contributed by atoms with Gasteiger partial charge in [-0.15, -0.1) is 0 Å². The molecule has 0 saturated carbocycles. The Balaban J connectivity index is 1.60. The molecule has 0 fully saturated rings. The minimum Gasteiger partial charge on any atom is -0.325 e. The number of likely N-dealkylation sites (N-methyl/N-ethyl adjacent to an activating group) is 2. The van der Waals surface area contributed by atoms with Crippen molar-refractivity contribution < 1.29 is 40.4 Å². The van der Waals surface area contributed by atoms with E-state index in [9.17, 15) is 40.4 Å². The van der Waals surface area contributed by atoms with Crippen molar-refractivity contribution in [3.8, 4) is 0 Å². The molecule has 0 radical (unpaired) electrons. The van der Waals surface area contributed by atoms with Gasteiger partial charge in [0.25, 0.3) is 0 Å². The zero-order chi connectivity index (χ0) is 41.7. The van der Waals surface area contributed by atoms with Gasteiger partial charge in [0.15, 0.2) is 0 Å². The molecule has 0 spiro atoms. The fraction of sp³-hybridized carbons (Fsp3) is 0.341. The molecule has 10 nitrogen and oxygen atoms in total. The maximum Gasteiger partial charge on any atom is 0.330 e. The summed E-state index contributed by atoms with van der Waals surface area (Å²) < 4.78 is 87.3. The Hall–Kier alpha value is -5.28. The Morgan fingerprint density at radius 1 is 0.589 bits per heavy atom. The van der Waals surface area contributed by atoms with Crippen LogP contribution in [0.15, 0.2) is 84.9 Å². The van der Waals surface area contributed by atoms with Crippen LogP contribution >= 0.6 is 0 Å². The van der Waals surface area contributed by atoms with Crippen molar-refractivity contribution in [1.82, 2.24) is 14.8 Å². The highest BCUT2D eigenvalue weighted by Gasteiger charge is 2.32. The smallest absolute Gasteiger partial charge is 0.325 e. The van der Waals surface area contributed by atoms with E-state index in [1.807, 2.05) is 53.7 Å². The fourth-order valence-corrected chi connectivity index (χ4v) is 6.85. The molecule has 0 heterocycles. The Morgan fingerprint density at radius 3 is 1.29 bits per heavy atom. The molecule has 0 saturated heterocycles. The van der Waals surface area contributed by atoms with Gasteiger partial charge in [-0.25, -0.2) is 27.1 Å². The number of amides is 4. The molecule has 3 N–H and O–H groups in total. The molecule has 0 aromatic heterocycles. The van der Waals surface area contributed by atoms with Gasteiger partial charge in [0.05, 0.1) is 0 Å². The topological polar surface area (TPSA) is 128 Å². The molecule has 300 valence electrons. The predicted molar refractivity (Wildman–Crippen MR) is 209 cm³/mol. The highest BCUT2D eigenvalue weighted by molar-refractivity contribution is 7.88. The molecular formula is C41H47F4N5O5S. The SMILES string of the molecule is CN(C(=O)[C@H](Cc1cc(F)cc(F)c1)NC(=O)NS(=O)(=O)N[C@@H](Cc1cc(F)cc(F)c1)C(=O)N(C)c1ccc(C(C)(C)C)cc1)c1ccc(C(C)(C)C)cc1. The van der Waals surface area contributed by atoms with Crippen molar-refractivity contribution >= 4 is 39.4 Å². The van der Waals surface area contributed by atoms with Crippen molar-refractivity contribution in [3.05, 3.63) is 130 Å². The summed E-state index contributed by atoms with van der Waals surface area (Å²) in [7, 11) is -2.14. The number of carbonyl (C=O) groups is 3. The first-order valence-electron chi connectivity index (χ1n) is 17.7. The summed E-state index contributed by atoms with van der Waals surface area (Å²) >= 11 is 0. The molecule has 4 aromatic rings. The summed E-state index contributed by atoms with van der Waals surface area (Å²) in [5, 5.41) is 2.28. The monoisotopic (exact) mass is 797 g/mol. The van der Waals surface area contributed by atoms with Gasteiger partial charge in [-0.3, -0.25) is 9.59 Å². The lowest BCUT2D eigenvalue weighted by atomic mass is 9.87. The van der Waals surface area contributed by atoms with Gasteiger partial charge in [-0.05, 0) is 88.0 Å². The van der Waals surface area contributed by atoms with E-state index in [-0.39, 0.29) is 22.0 Å². The van der Waals surface area contributed by atoms with Crippen LogP contribution in [0.25, 0.3) is 0 Å². The number of urea groups is 1. The maximum atomic E-state index is 14.2. The van der Waals surface area contributed by atoms with Gasteiger partial charge < -0.3 is 15.1 Å². The standard InChI is InChI=1S/C41H47F4N5O5S/c1-40(2,3)27-9-13-33(14-10-27)49(7)37(51)35(21-25-17-29(42)23-30(43)18-25)46-39(53)48-56(54,55)47-36(22-26-19-31(44)24-32(45)20-26)38(52)50(8)34-15-11-28(12-16-34)41(4,5)6/h9-20,23-24,35-36,47H,21-22H2,1-8H3,(H2,46,48,53)/t35-,36-/m0/s1. The minimum atomic E-state index is -4.95. The Bertz CT molecular complexity index is 2130. The molecule has 0 unspecified atom stereocenters. The molecular weight excluding hydrogens is 751 g/mol. The lowest BCUT2D eigenvalue weighted by Gasteiger charge is -2.27. The summed E-state index contributed by atoms with van der Waals surface area (Å²) in [6, 6.07) is 14.4. The molecule has 0 aliphatic carbocycles. The van der Waals surface area contributed by atoms with Crippen LogP contribution in [0.2, 0.25) is 0 Å². The number of rotatable bonds is 12. The van der Waals surface area contributed by atoms with Crippen LogP contribution < -0.4 is 24.6 Å². The molecule has 0 aliphatic rings. The lowest BCUT2D eigenvalue weighted by molar-refractivity contribution is -0.120. The van der Waals surface area contributed by atoms with E-state index >= 15 is 0 Å². The summed E-state index contributed by atoms with van der Waals surface area (Å²) in [6.07, 6.45) is -0.963. The van der Waals surface area contributed by atoms with Crippen LogP contribution in [0.5, 0.6) is 0 Å². The maximum absolute atomic E-state index is 14.2. The van der Waals surface area contributed by atoms with Crippen molar-refractivity contribution in [2.75, 3.05) is 23.9 Å². The van der Waals surface area contributed by atoms with E-state index in [0.717, 1.165) is 40.3 Å². The second-order valence-corrected chi connectivity index (χ2v) is 17.1. The van der Waals surface area contributed by atoms with Gasteiger partial charge in [-0.2, -0.15) is 13.1 Å². The summed E-state index contributed by atoms with van der Waals surface area (Å²) in [4.78, 5) is 43.4. The number of anilines is 2. The first-order valence-corrected chi connectivity index (χ1v) is 19.2. The molecule has 4 aromatic carbocycles. The summed E-state index contributed by atoms with van der Waals surface area (Å²) in [5.74, 6) is -5.36. The molecule has 15 heteroatoms. The number of benzene rings is 4. The van der Waals surface area contributed by atoms with Crippen LogP contribution in [-0.2, 0) is 43.5 Å². The molecule has 0 bridgehead atoms. The number of nitrogens with one attached hydrogen (secondary N) is 3. The van der Waals surface area contributed by atoms with Crippen molar-refractivity contribution in [1.29, 1.82) is 0 Å². The second kappa shape index (κ2) is 17.2. The number of halogens is 4. The first-order chi connectivity index (χ1) is 25.9. The van der Waals surface area contributed by atoms with Crippen LogP contribution in [0.1, 0.15) is 63.8 Å². The third-order valence-corrected chi connectivity index (χ3v) is 10.1. The molecule has 0 aliphatic heterocycles. The Labute approximate surface area is 325 Å². The van der Waals surface area contributed by atoms with Crippen molar-refractivity contribution in [2.24, 2.45) is 0 Å². The zero-order valence-corrected chi connectivity index (χ0v) is 33.3. The molecule has 2 atom stereocenters. The second-order valence-electron chi connectivity index (χ2n) is 15.7. The van der Waals surface area contributed by atoms with Crippen LogP contribution in [0, 0.1) is 23.3 Å². The quantitative estimate of drug-likeness (QED) is 0.136. The van der Waals surface area contributed by atoms with Gasteiger partial charge in [-0.1, -0.05) is 65.8 Å². The van der Waals surface area contributed by atoms with E-state index in [0.29, 0.717) is 23.5 Å². The average molecular weight is 798 g/mol. The third kappa shape index (κ3) is 11.9. The summed E-state index contributed by atoms with van der Waals surface area (Å²) in [6.45, 7) is 12.1. The highest BCUT2D eigenvalue weighted by Crippen LogP contribution is 2.27. The highest BCUT2D eigenvalue weighted by atomic mass is 32.2. The number of hydrogen-bond donors (Lipinski definition) is 3. The molecule has 56 heavy (non-hydrogen) atoms. The van der Waals surface area contributed by atoms with Gasteiger partial charge in [0.2, 0.25) is 11.8 Å². The third-order valence-electron chi connectivity index (χ3n) is 9.05. The minimum absolute atomic E-state index is 0.00910. The van der Waals surface area contributed by atoms with Gasteiger partial charge in [0, 0.05) is 44.0 Å². The average Bonchev–Trinajstić information content (AvgIpc) is 3.08. The van der Waals surface area contributed by atoms with E-state index in [2.05, 4.69) is 10.0 Å². The van der Waals surface area contributed by atoms with Crippen LogP contribution in [0.3, 0.4) is 0 Å². The van der Waals surface area contributed by atoms with Crippen LogP contribution in [0.4, 0.5) is 33.7 Å². The first kappa shape index (κ1) is 43.4. The predicted octanol–water partition coefficient (Wildman–Crippen LogP) is 6.82. The van der Waals surface area contributed by atoms with E-state index in [1.165, 1.54) is 19.0 Å². The number of carbonyl (C=O) groups excluding carboxylic acids is 3. The Morgan fingerprint density at radius 2 is 0.929 bits per heavy atom.